The van der Waals surface area contributed by atoms with Gasteiger partial charge in [-0.1, -0.05) is 0 Å². The van der Waals surface area contributed by atoms with Crippen LogP contribution in [0.1, 0.15) is 0 Å². The predicted molar refractivity (Wildman–Crippen MR) is 24.0 cm³/mol. The molecule has 6 heavy (non-hydrogen) atoms. The molecule has 0 rings (SSSR count). The maximum absolute atomic E-state index is 5.13. The van der Waals surface area contributed by atoms with E-state index < -0.39 is 9.45 Å². The molecule has 0 aliphatic heterocycles. The van der Waals surface area contributed by atoms with Crippen LogP contribution in [0.2, 0.25) is 0 Å². The van der Waals surface area contributed by atoms with Gasteiger partial charge in [0.1, 0.15) is 0 Å². The fraction of sp³-hybridized carbons (Fsp3) is 1.00. The molecule has 0 amide bonds. The molecule has 0 aliphatic rings. The molecule has 0 saturated heterocycles. The monoisotopic (exact) mass is 106 g/mol. The van der Waals surface area contributed by atoms with E-state index in [0.717, 1.165) is 0 Å². The molecule has 0 spiro atoms. The summed E-state index contributed by atoms with van der Waals surface area (Å²) in [6.07, 6.45) is 0. The first-order chi connectivity index (χ1) is 2.81. The van der Waals surface area contributed by atoms with Crippen LogP contribution in [0.3, 0.4) is 0 Å². The van der Waals surface area contributed by atoms with Crippen molar-refractivity contribution in [3.63, 3.8) is 0 Å². The van der Waals surface area contributed by atoms with Crippen LogP contribution >= 0.6 is 0 Å². The summed E-state index contributed by atoms with van der Waals surface area (Å²) in [7, 11) is 1.68. The van der Waals surface area contributed by atoms with E-state index in [1.54, 1.807) is 0 Å². The van der Waals surface area contributed by atoms with E-state index in [-0.39, 0.29) is 0 Å². The van der Waals surface area contributed by atoms with Gasteiger partial charge in [0.15, 0.2) is 0 Å². The third-order valence-corrected chi connectivity index (χ3v) is 1.21. The van der Waals surface area contributed by atoms with Crippen molar-refractivity contribution in [3.8, 4) is 0 Å². The van der Waals surface area contributed by atoms with Gasteiger partial charge in [0, 0.05) is 14.2 Å². The lowest BCUT2D eigenvalue weighted by Crippen LogP contribution is -2.30. The molecule has 0 aromatic carbocycles. The SMILES string of the molecule is CO[Si](N)OC. The van der Waals surface area contributed by atoms with Crippen molar-refractivity contribution >= 4 is 9.45 Å². The molecule has 0 bridgehead atoms. The third-order valence-electron chi connectivity index (χ3n) is 0.402. The Morgan fingerprint density at radius 2 is 1.67 bits per heavy atom. The number of rotatable bonds is 2. The Bertz CT molecular complexity index is 30.7. The number of hydrogen-bond acceptors (Lipinski definition) is 3. The van der Waals surface area contributed by atoms with E-state index in [2.05, 4.69) is 8.85 Å². The normalized spacial score (nSPS) is 10.0. The topological polar surface area (TPSA) is 44.5 Å². The summed E-state index contributed by atoms with van der Waals surface area (Å²) in [6, 6.07) is 0. The van der Waals surface area contributed by atoms with Gasteiger partial charge in [-0.2, -0.15) is 0 Å². The molecule has 37 valence electrons. The summed E-state index contributed by atoms with van der Waals surface area (Å²) in [4.78, 5) is 0. The quantitative estimate of drug-likeness (QED) is 0.470. The molecule has 0 fully saturated rings. The summed E-state index contributed by atoms with van der Waals surface area (Å²) < 4.78 is 9.11. The molecule has 0 aromatic heterocycles. The maximum atomic E-state index is 5.13. The van der Waals surface area contributed by atoms with Gasteiger partial charge in [-0.15, -0.1) is 0 Å². The van der Waals surface area contributed by atoms with Crippen molar-refractivity contribution in [1.29, 1.82) is 0 Å². The highest BCUT2D eigenvalue weighted by atomic mass is 28.3. The molecular formula is C2H8NO2Si. The lowest BCUT2D eigenvalue weighted by atomic mass is 11.8. The van der Waals surface area contributed by atoms with Crippen LogP contribution < -0.4 is 5.40 Å². The highest BCUT2D eigenvalue weighted by Crippen LogP contribution is 1.67. The Morgan fingerprint density at radius 1 is 1.33 bits per heavy atom. The third kappa shape index (κ3) is 2.34. The van der Waals surface area contributed by atoms with E-state index in [0.29, 0.717) is 0 Å². The van der Waals surface area contributed by atoms with Gasteiger partial charge in [-0.3, -0.25) is 0 Å². The van der Waals surface area contributed by atoms with Gasteiger partial charge < -0.3 is 14.3 Å². The van der Waals surface area contributed by atoms with Crippen molar-refractivity contribution < 1.29 is 8.85 Å². The van der Waals surface area contributed by atoms with Crippen LogP contribution in [-0.4, -0.2) is 23.7 Å². The molecular weight excluding hydrogens is 98.1 g/mol. The van der Waals surface area contributed by atoms with Crippen LogP contribution in [-0.2, 0) is 8.85 Å². The summed E-state index contributed by atoms with van der Waals surface area (Å²) >= 11 is 0. The second kappa shape index (κ2) is 3.29. The summed E-state index contributed by atoms with van der Waals surface area (Å²) in [6.45, 7) is 0. The van der Waals surface area contributed by atoms with E-state index in [4.69, 9.17) is 5.40 Å². The average molecular weight is 106 g/mol. The van der Waals surface area contributed by atoms with Crippen LogP contribution in [0.5, 0.6) is 0 Å². The van der Waals surface area contributed by atoms with E-state index in [1.807, 2.05) is 0 Å². The maximum Gasteiger partial charge on any atom is 0.484 e. The van der Waals surface area contributed by atoms with Crippen LogP contribution in [0, 0.1) is 0 Å². The highest BCUT2D eigenvalue weighted by Gasteiger charge is 1.99. The predicted octanol–water partition coefficient (Wildman–Crippen LogP) is -0.777. The zero-order valence-electron chi connectivity index (χ0n) is 3.89. The van der Waals surface area contributed by atoms with Crippen LogP contribution in [0.15, 0.2) is 0 Å². The molecule has 0 saturated carbocycles. The average Bonchev–Trinajstić information content (AvgIpc) is 1.65. The van der Waals surface area contributed by atoms with Crippen molar-refractivity contribution in [2.75, 3.05) is 14.2 Å². The van der Waals surface area contributed by atoms with Crippen LogP contribution in [0.4, 0.5) is 0 Å². The first-order valence-electron chi connectivity index (χ1n) is 1.51. The van der Waals surface area contributed by atoms with Crippen molar-refractivity contribution in [1.82, 2.24) is 0 Å². The minimum absolute atomic E-state index is 1.37. The van der Waals surface area contributed by atoms with Crippen molar-refractivity contribution in [2.24, 2.45) is 5.40 Å². The molecule has 0 aliphatic carbocycles. The Labute approximate surface area is 39.0 Å². The fourth-order valence-corrected chi connectivity index (χ4v) is 0.250. The first-order valence-corrected chi connectivity index (χ1v) is 2.91. The summed E-state index contributed by atoms with van der Waals surface area (Å²) in [5, 5.41) is 5.13. The first kappa shape index (κ1) is 6.10. The lowest BCUT2D eigenvalue weighted by molar-refractivity contribution is 0.279. The Morgan fingerprint density at radius 3 is 1.67 bits per heavy atom. The fourth-order valence-electron chi connectivity index (χ4n) is 0.0833. The Balaban J connectivity index is 2.75. The molecule has 4 heteroatoms. The molecule has 1 radical (unpaired) electrons. The van der Waals surface area contributed by atoms with E-state index in [1.165, 1.54) is 14.2 Å². The molecule has 2 N–H and O–H groups in total. The zero-order chi connectivity index (χ0) is 4.99. The lowest BCUT2D eigenvalue weighted by Gasteiger charge is -1.97. The Kier molecular flexibility index (Phi) is 3.35. The van der Waals surface area contributed by atoms with E-state index in [9.17, 15) is 0 Å². The van der Waals surface area contributed by atoms with Crippen molar-refractivity contribution in [3.05, 3.63) is 0 Å². The van der Waals surface area contributed by atoms with Gasteiger partial charge in [0.05, 0.1) is 0 Å². The molecule has 0 unspecified atom stereocenters. The minimum atomic E-state index is -1.37. The second-order valence-corrected chi connectivity index (χ2v) is 2.18. The zero-order valence-corrected chi connectivity index (χ0v) is 4.89. The number of nitrogens with two attached hydrogens (primary N) is 1. The van der Waals surface area contributed by atoms with E-state index >= 15 is 0 Å². The molecule has 0 atom stereocenters. The number of hydrogen-bond donors (Lipinski definition) is 1. The van der Waals surface area contributed by atoms with Crippen molar-refractivity contribution in [2.45, 2.75) is 0 Å². The standard InChI is InChI=1S/C2H8NO2Si/c1-4-6(3)5-2/h3H2,1-2H3. The van der Waals surface area contributed by atoms with Gasteiger partial charge in [-0.25, -0.2) is 0 Å². The van der Waals surface area contributed by atoms with Gasteiger partial charge in [0.25, 0.3) is 0 Å². The largest absolute Gasteiger partial charge is 0.484 e. The smallest absolute Gasteiger partial charge is 0.385 e. The van der Waals surface area contributed by atoms with Gasteiger partial charge in [0.2, 0.25) is 0 Å². The summed E-state index contributed by atoms with van der Waals surface area (Å²) in [5.74, 6) is 0. The molecule has 0 heterocycles. The van der Waals surface area contributed by atoms with Gasteiger partial charge in [-0.05, 0) is 0 Å². The van der Waals surface area contributed by atoms with Gasteiger partial charge >= 0.3 is 9.45 Å². The summed E-state index contributed by atoms with van der Waals surface area (Å²) in [5.41, 5.74) is 0. The Hall–Kier alpha value is 0.0969. The highest BCUT2D eigenvalue weighted by molar-refractivity contribution is 6.39. The molecule has 3 nitrogen and oxygen atoms in total. The van der Waals surface area contributed by atoms with Crippen LogP contribution in [0.25, 0.3) is 0 Å². The minimum Gasteiger partial charge on any atom is -0.385 e. The molecule has 0 aromatic rings. The second-order valence-electron chi connectivity index (χ2n) is 0.727.